The molecule has 2 unspecified atom stereocenters. The van der Waals surface area contributed by atoms with E-state index < -0.39 is 23.9 Å². The van der Waals surface area contributed by atoms with Crippen LogP contribution in [0.3, 0.4) is 0 Å². The van der Waals surface area contributed by atoms with Crippen LogP contribution in [0.25, 0.3) is 11.1 Å². The van der Waals surface area contributed by atoms with Crippen molar-refractivity contribution in [1.82, 2.24) is 0 Å². The maximum absolute atomic E-state index is 6.18. The molecule has 0 heterocycles. The van der Waals surface area contributed by atoms with Crippen LogP contribution in [0.1, 0.15) is 132 Å². The summed E-state index contributed by atoms with van der Waals surface area (Å²) >= 11 is 0. The van der Waals surface area contributed by atoms with Crippen LogP contribution in [-0.4, -0.2) is 36.4 Å². The zero-order valence-electron chi connectivity index (χ0n) is 39.7. The van der Waals surface area contributed by atoms with Gasteiger partial charge in [-0.05, 0) is 51.2 Å². The minimum absolute atomic E-state index is 0.276. The molecule has 2 atom stereocenters. The van der Waals surface area contributed by atoms with Gasteiger partial charge in [-0.3, -0.25) is 0 Å². The van der Waals surface area contributed by atoms with Gasteiger partial charge >= 0.3 is 0 Å². The van der Waals surface area contributed by atoms with E-state index in [0.717, 1.165) is 11.5 Å². The van der Waals surface area contributed by atoms with Gasteiger partial charge in [0.15, 0.2) is 0 Å². The summed E-state index contributed by atoms with van der Waals surface area (Å²) in [5.74, 6) is 1.92. The molecule has 0 aliphatic heterocycles. The van der Waals surface area contributed by atoms with E-state index >= 15 is 0 Å². The zero-order valence-corrected chi connectivity index (χ0v) is 43.6. The molecule has 60 heavy (non-hydrogen) atoms. The Kier molecular flexibility index (Phi) is 22.0. The fourth-order valence-corrected chi connectivity index (χ4v) is 26.6. The Morgan fingerprint density at radius 2 is 0.950 bits per heavy atom. The molecule has 0 bridgehead atoms. The van der Waals surface area contributed by atoms with E-state index in [-0.39, 0.29) is 6.04 Å². The summed E-state index contributed by atoms with van der Waals surface area (Å²) in [6.45, 7) is 19.0. The summed E-state index contributed by atoms with van der Waals surface area (Å²) in [7, 11) is -0.0117. The lowest BCUT2D eigenvalue weighted by atomic mass is 10.0. The van der Waals surface area contributed by atoms with E-state index in [9.17, 15) is 0 Å². The smallest absolute Gasteiger partial charge is 0.142 e. The van der Waals surface area contributed by atoms with Gasteiger partial charge in [0.25, 0.3) is 0 Å². The third kappa shape index (κ3) is 13.1. The van der Waals surface area contributed by atoms with Crippen molar-refractivity contribution in [3.63, 3.8) is 0 Å². The molecule has 0 amide bonds. The highest BCUT2D eigenvalue weighted by Crippen LogP contribution is 2.61. The first-order chi connectivity index (χ1) is 29.2. The van der Waals surface area contributed by atoms with E-state index in [4.69, 9.17) is 9.47 Å². The monoisotopic (exact) mass is 884 g/mol. The number of ether oxygens (including phenoxy) is 2. The molecule has 4 rings (SSSR count). The van der Waals surface area contributed by atoms with Gasteiger partial charge in [-0.2, -0.15) is 0 Å². The second-order valence-electron chi connectivity index (χ2n) is 17.7. The van der Waals surface area contributed by atoms with E-state index in [0.29, 0.717) is 8.27 Å². The summed E-state index contributed by atoms with van der Waals surface area (Å²) in [5.41, 5.74) is 3.80. The van der Waals surface area contributed by atoms with Crippen molar-refractivity contribution < 1.29 is 9.47 Å². The lowest BCUT2D eigenvalue weighted by Gasteiger charge is -2.39. The first-order valence-corrected chi connectivity index (χ1v) is 32.5. The van der Waals surface area contributed by atoms with E-state index in [1.807, 2.05) is 14.2 Å². The number of anilines is 1. The molecule has 7 heteroatoms. The Hall–Kier alpha value is -2.43. The van der Waals surface area contributed by atoms with Crippen molar-refractivity contribution >= 4 is 58.8 Å². The Morgan fingerprint density at radius 1 is 0.517 bits per heavy atom. The van der Waals surface area contributed by atoms with Crippen molar-refractivity contribution in [3.8, 4) is 22.6 Å². The van der Waals surface area contributed by atoms with Crippen LogP contribution in [-0.2, 0) is 0 Å². The average molecular weight is 884 g/mol. The molecule has 0 aliphatic carbocycles. The molecule has 0 aromatic heterocycles. The minimum Gasteiger partial charge on any atom is -0.496 e. The van der Waals surface area contributed by atoms with Crippen LogP contribution in [0.15, 0.2) is 91.0 Å². The lowest BCUT2D eigenvalue weighted by molar-refractivity contribution is 0.415. The normalized spacial score (nSPS) is 12.7. The number of methoxy groups -OCH3 is 2. The van der Waals surface area contributed by atoms with Crippen LogP contribution < -0.4 is 35.1 Å². The third-order valence-corrected chi connectivity index (χ3v) is 29.6. The maximum Gasteiger partial charge on any atom is 0.142 e. The molecule has 4 aromatic carbocycles. The second-order valence-corrected chi connectivity index (χ2v) is 31.3. The summed E-state index contributed by atoms with van der Waals surface area (Å²) in [4.78, 5) is 0. The molecule has 0 spiro atoms. The van der Waals surface area contributed by atoms with Crippen LogP contribution in [0.5, 0.6) is 11.5 Å². The van der Waals surface area contributed by atoms with Crippen molar-refractivity contribution in [2.75, 3.05) is 18.9 Å². The van der Waals surface area contributed by atoms with Gasteiger partial charge in [-0.25, -0.2) is 0 Å². The summed E-state index contributed by atoms with van der Waals surface area (Å²) in [5, 5.41) is 6.27. The fourth-order valence-electron chi connectivity index (χ4n) is 9.52. The second kappa shape index (κ2) is 26.3. The highest BCUT2D eigenvalue weighted by Gasteiger charge is 2.36. The molecule has 0 N–H and O–H groups in total. The van der Waals surface area contributed by atoms with Gasteiger partial charge in [-0.1, -0.05) is 238 Å². The van der Waals surface area contributed by atoms with Crippen LogP contribution in [0.4, 0.5) is 5.69 Å². The summed E-state index contributed by atoms with van der Waals surface area (Å²) < 4.78 is 15.0. The van der Waals surface area contributed by atoms with Gasteiger partial charge in [0, 0.05) is 24.7 Å². The SMILES string of the molecule is CCCC[Si](CCCC)(CCCC)c1ccc(P(Pc2ccc([Si](CCCC)(CCCC)CCCC)cc2-c2ccccc2OC)N(c2ccccc2OC)C(C)C)cc1. The molecule has 0 fully saturated rings. The Morgan fingerprint density at radius 3 is 1.42 bits per heavy atom. The van der Waals surface area contributed by atoms with Crippen molar-refractivity contribution in [3.05, 3.63) is 91.0 Å². The number of unbranched alkanes of at least 4 members (excludes halogenated alkanes) is 6. The third-order valence-electron chi connectivity index (χ3n) is 13.1. The molecule has 0 saturated carbocycles. The lowest BCUT2D eigenvalue weighted by Crippen LogP contribution is -2.48. The maximum atomic E-state index is 6.18. The quantitative estimate of drug-likeness (QED) is 0.0401. The zero-order chi connectivity index (χ0) is 43.4. The van der Waals surface area contributed by atoms with E-state index in [1.165, 1.54) is 141 Å². The predicted molar refractivity (Wildman–Crippen MR) is 279 cm³/mol. The molecule has 0 radical (unpaired) electrons. The summed E-state index contributed by atoms with van der Waals surface area (Å²) in [6, 6.07) is 44.5. The standard InChI is InChI=1S/C53H83NO2P2Si2/c1-11-17-37-59(38-18-12-2,39-19-13-3)46-33-31-45(32-34-46)58(54(44(7)8)50-28-24-26-30-52(50)56-10)57-53-36-35-47(43-49(53)48-27-23-25-29-51(48)55-9)60(40-20-14-4,41-21-15-5)42-22-16-6/h23-36,43-44,57H,11-22,37-42H2,1-10H3. The van der Waals surface area contributed by atoms with Gasteiger partial charge in [-0.15, -0.1) is 0 Å². The molecular weight excluding hydrogens is 801 g/mol. The molecule has 0 aliphatic rings. The number of nitrogens with zero attached hydrogens (tertiary/aromatic N) is 1. The van der Waals surface area contributed by atoms with E-state index in [2.05, 4.69) is 151 Å². The Labute approximate surface area is 373 Å². The van der Waals surface area contributed by atoms with Gasteiger partial charge in [0.2, 0.25) is 0 Å². The largest absolute Gasteiger partial charge is 0.496 e. The van der Waals surface area contributed by atoms with Gasteiger partial charge in [0.05, 0.1) is 36.1 Å². The molecule has 4 aromatic rings. The number of benzene rings is 4. The van der Waals surface area contributed by atoms with E-state index in [1.54, 1.807) is 10.4 Å². The predicted octanol–water partition coefficient (Wildman–Crippen LogP) is 15.3. The number of hydrogen-bond donors (Lipinski definition) is 0. The molecule has 0 saturated heterocycles. The number of hydrogen-bond acceptors (Lipinski definition) is 3. The Bertz CT molecular complexity index is 1770. The van der Waals surface area contributed by atoms with Gasteiger partial charge < -0.3 is 14.1 Å². The van der Waals surface area contributed by atoms with Crippen LogP contribution in [0.2, 0.25) is 36.3 Å². The van der Waals surface area contributed by atoms with Crippen molar-refractivity contribution in [1.29, 1.82) is 0 Å². The fraction of sp³-hybridized carbons (Fsp3) is 0.547. The highest BCUT2D eigenvalue weighted by molar-refractivity contribution is 8.28. The topological polar surface area (TPSA) is 21.7 Å². The molecule has 330 valence electrons. The van der Waals surface area contributed by atoms with Crippen molar-refractivity contribution in [2.24, 2.45) is 0 Å². The van der Waals surface area contributed by atoms with Crippen molar-refractivity contribution in [2.45, 2.75) is 175 Å². The first-order valence-electron chi connectivity index (χ1n) is 24.1. The highest BCUT2D eigenvalue weighted by atomic mass is 32.1. The summed E-state index contributed by atoms with van der Waals surface area (Å²) in [6.07, 6.45) is 15.7. The van der Waals surface area contributed by atoms with Gasteiger partial charge in [0.1, 0.15) is 11.5 Å². The minimum atomic E-state index is -1.77. The Balaban J connectivity index is 2.00. The molecular formula is C53H83NO2P2Si2. The van der Waals surface area contributed by atoms with Crippen LogP contribution in [0, 0.1) is 0 Å². The first kappa shape index (κ1) is 50.2. The average Bonchev–Trinajstić information content (AvgIpc) is 3.28. The van der Waals surface area contributed by atoms with Crippen LogP contribution >= 0.6 is 16.0 Å². The number of rotatable bonds is 29. The molecule has 3 nitrogen and oxygen atoms in total. The number of para-hydroxylation sites is 3.